The molecule has 2 rings (SSSR count). The molecule has 0 unspecified atom stereocenters. The minimum Gasteiger partial charge on any atom is -0.384 e. The molecule has 3 N–H and O–H groups in total. The highest BCUT2D eigenvalue weighted by Gasteiger charge is 2.25. The number of nitrogens with one attached hydrogen (secondary N) is 1. The van der Waals surface area contributed by atoms with Crippen molar-refractivity contribution in [1.82, 2.24) is 15.3 Å². The normalized spacial score (nSPS) is 16.4. The van der Waals surface area contributed by atoms with Crippen LogP contribution in [0.4, 0.5) is 16.4 Å². The van der Waals surface area contributed by atoms with E-state index in [1.165, 1.54) is 17.3 Å². The lowest BCUT2D eigenvalue weighted by molar-refractivity contribution is -0.120. The predicted octanol–water partition coefficient (Wildman–Crippen LogP) is -0.495. The number of aromatic nitrogens is 2. The Kier molecular flexibility index (Phi) is 2.20. The van der Waals surface area contributed by atoms with Gasteiger partial charge >= 0.3 is 6.03 Å². The SMILES string of the molecule is Nc1cc(N2CCC(=O)NC2=O)ncn1. The molecule has 0 bridgehead atoms. The molecule has 1 aromatic rings. The van der Waals surface area contributed by atoms with Crippen LogP contribution in [0.3, 0.4) is 0 Å². The molecule has 3 amide bonds. The van der Waals surface area contributed by atoms with Gasteiger partial charge in [-0.3, -0.25) is 15.0 Å². The van der Waals surface area contributed by atoms with Crippen LogP contribution >= 0.6 is 0 Å². The van der Waals surface area contributed by atoms with Gasteiger partial charge in [0.15, 0.2) is 0 Å². The Morgan fingerprint density at radius 2 is 2.20 bits per heavy atom. The summed E-state index contributed by atoms with van der Waals surface area (Å²) < 4.78 is 0. The molecule has 0 aliphatic carbocycles. The third kappa shape index (κ3) is 1.85. The highest BCUT2D eigenvalue weighted by Crippen LogP contribution is 2.14. The number of nitrogens with two attached hydrogens (primary N) is 1. The van der Waals surface area contributed by atoms with E-state index in [4.69, 9.17) is 5.73 Å². The average molecular weight is 207 g/mol. The molecule has 1 fully saturated rings. The molecule has 78 valence electrons. The number of carbonyl (C=O) groups is 2. The molecule has 0 radical (unpaired) electrons. The molecule has 1 aliphatic rings. The van der Waals surface area contributed by atoms with Crippen molar-refractivity contribution in [2.45, 2.75) is 6.42 Å². The summed E-state index contributed by atoms with van der Waals surface area (Å²) in [6, 6.07) is 0.999. The van der Waals surface area contributed by atoms with Crippen LogP contribution < -0.4 is 16.0 Å². The highest BCUT2D eigenvalue weighted by atomic mass is 16.2. The van der Waals surface area contributed by atoms with Crippen LogP contribution in [0.5, 0.6) is 0 Å². The topological polar surface area (TPSA) is 101 Å². The van der Waals surface area contributed by atoms with Crippen molar-refractivity contribution in [2.24, 2.45) is 0 Å². The summed E-state index contributed by atoms with van der Waals surface area (Å²) in [5.74, 6) is 0.399. The molecule has 0 spiro atoms. The predicted molar refractivity (Wildman–Crippen MR) is 51.9 cm³/mol. The highest BCUT2D eigenvalue weighted by molar-refractivity contribution is 6.05. The number of rotatable bonds is 1. The molecule has 1 aliphatic heterocycles. The van der Waals surface area contributed by atoms with Crippen LogP contribution in [-0.2, 0) is 4.79 Å². The molecule has 0 aromatic carbocycles. The first-order valence-corrected chi connectivity index (χ1v) is 4.35. The monoisotopic (exact) mass is 207 g/mol. The van der Waals surface area contributed by atoms with E-state index in [2.05, 4.69) is 15.3 Å². The van der Waals surface area contributed by atoms with Gasteiger partial charge in [-0.1, -0.05) is 0 Å². The summed E-state index contributed by atoms with van der Waals surface area (Å²) in [4.78, 5) is 31.3. The second-order valence-corrected chi connectivity index (χ2v) is 3.06. The molecule has 2 heterocycles. The van der Waals surface area contributed by atoms with Gasteiger partial charge in [-0.25, -0.2) is 14.8 Å². The summed E-state index contributed by atoms with van der Waals surface area (Å²) in [6.45, 7) is 0.307. The Morgan fingerprint density at radius 1 is 1.40 bits per heavy atom. The standard InChI is InChI=1S/C8H9N5O2/c9-5-3-6(11-4-10-5)13-2-1-7(14)12-8(13)15/h3-4H,1-2H2,(H2,9,10,11)(H,12,14,15). The maximum absolute atomic E-state index is 11.4. The minimum absolute atomic E-state index is 0.260. The van der Waals surface area contributed by atoms with Crippen molar-refractivity contribution in [1.29, 1.82) is 0 Å². The van der Waals surface area contributed by atoms with Crippen molar-refractivity contribution in [3.05, 3.63) is 12.4 Å². The number of urea groups is 1. The summed E-state index contributed by atoms with van der Waals surface area (Å²) in [6.07, 6.45) is 1.53. The van der Waals surface area contributed by atoms with Gasteiger partial charge in [0, 0.05) is 19.0 Å². The zero-order valence-corrected chi connectivity index (χ0v) is 7.80. The number of hydrogen-bond donors (Lipinski definition) is 2. The fraction of sp³-hybridized carbons (Fsp3) is 0.250. The summed E-state index contributed by atoms with van der Waals surface area (Å²) >= 11 is 0. The Morgan fingerprint density at radius 3 is 2.87 bits per heavy atom. The quantitative estimate of drug-likeness (QED) is 0.646. The van der Waals surface area contributed by atoms with Crippen LogP contribution in [0.1, 0.15) is 6.42 Å². The number of nitrogens with zero attached hydrogens (tertiary/aromatic N) is 3. The maximum atomic E-state index is 11.4. The fourth-order valence-corrected chi connectivity index (χ4v) is 1.29. The van der Waals surface area contributed by atoms with Crippen LogP contribution in [0.25, 0.3) is 0 Å². The van der Waals surface area contributed by atoms with Crippen molar-refractivity contribution >= 4 is 23.6 Å². The number of anilines is 2. The van der Waals surface area contributed by atoms with E-state index in [1.54, 1.807) is 0 Å². The smallest absolute Gasteiger partial charge is 0.329 e. The van der Waals surface area contributed by atoms with Crippen LogP contribution in [0.15, 0.2) is 12.4 Å². The van der Waals surface area contributed by atoms with Crippen LogP contribution in [-0.4, -0.2) is 28.5 Å². The number of imide groups is 1. The summed E-state index contributed by atoms with van der Waals surface area (Å²) in [5, 5.41) is 2.19. The van der Waals surface area contributed by atoms with Gasteiger partial charge in [0.2, 0.25) is 5.91 Å². The van der Waals surface area contributed by atoms with Gasteiger partial charge in [-0.05, 0) is 0 Å². The lowest BCUT2D eigenvalue weighted by Crippen LogP contribution is -2.49. The van der Waals surface area contributed by atoms with Crippen molar-refractivity contribution in [3.8, 4) is 0 Å². The van der Waals surface area contributed by atoms with Crippen LogP contribution in [0, 0.1) is 0 Å². The third-order valence-electron chi connectivity index (χ3n) is 2.00. The van der Waals surface area contributed by atoms with Gasteiger partial charge in [0.1, 0.15) is 18.0 Å². The second-order valence-electron chi connectivity index (χ2n) is 3.06. The summed E-state index contributed by atoms with van der Waals surface area (Å²) in [7, 11) is 0. The van der Waals surface area contributed by atoms with Crippen molar-refractivity contribution < 1.29 is 9.59 Å². The van der Waals surface area contributed by atoms with Gasteiger partial charge < -0.3 is 5.73 Å². The Labute approximate surface area is 85.3 Å². The zero-order chi connectivity index (χ0) is 10.8. The average Bonchev–Trinajstić information content (AvgIpc) is 2.17. The second kappa shape index (κ2) is 3.52. The maximum Gasteiger partial charge on any atom is 0.329 e. The first-order valence-electron chi connectivity index (χ1n) is 4.35. The number of carbonyl (C=O) groups excluding carboxylic acids is 2. The molecule has 0 atom stereocenters. The number of hydrogen-bond acceptors (Lipinski definition) is 5. The number of nitrogen functional groups attached to an aromatic ring is 1. The molecular weight excluding hydrogens is 198 g/mol. The largest absolute Gasteiger partial charge is 0.384 e. The number of amides is 3. The Bertz CT molecular complexity index is 419. The summed E-state index contributed by atoms with van der Waals surface area (Å²) in [5.41, 5.74) is 5.46. The lowest BCUT2D eigenvalue weighted by atomic mass is 10.3. The van der Waals surface area contributed by atoms with Crippen molar-refractivity contribution in [2.75, 3.05) is 17.2 Å². The van der Waals surface area contributed by atoms with Gasteiger partial charge in [0.05, 0.1) is 0 Å². The minimum atomic E-state index is -0.482. The van der Waals surface area contributed by atoms with E-state index in [1.807, 2.05) is 0 Å². The van der Waals surface area contributed by atoms with Gasteiger partial charge in [0.25, 0.3) is 0 Å². The first-order chi connectivity index (χ1) is 7.16. The van der Waals surface area contributed by atoms with Gasteiger partial charge in [-0.15, -0.1) is 0 Å². The zero-order valence-electron chi connectivity index (χ0n) is 7.80. The molecule has 15 heavy (non-hydrogen) atoms. The van der Waals surface area contributed by atoms with E-state index < -0.39 is 6.03 Å². The Hall–Kier alpha value is -2.18. The van der Waals surface area contributed by atoms with Crippen LogP contribution in [0.2, 0.25) is 0 Å². The van der Waals surface area contributed by atoms with E-state index in [0.717, 1.165) is 0 Å². The first kappa shape index (κ1) is 9.38. The van der Waals surface area contributed by atoms with E-state index >= 15 is 0 Å². The lowest BCUT2D eigenvalue weighted by Gasteiger charge is -2.25. The molecular formula is C8H9N5O2. The van der Waals surface area contributed by atoms with E-state index in [-0.39, 0.29) is 18.1 Å². The van der Waals surface area contributed by atoms with Crippen molar-refractivity contribution in [3.63, 3.8) is 0 Å². The molecule has 1 aromatic heterocycles. The third-order valence-corrected chi connectivity index (χ3v) is 2.00. The molecule has 7 heteroatoms. The van der Waals surface area contributed by atoms with Gasteiger partial charge in [-0.2, -0.15) is 0 Å². The molecule has 7 nitrogen and oxygen atoms in total. The van der Waals surface area contributed by atoms with E-state index in [9.17, 15) is 9.59 Å². The molecule has 0 saturated carbocycles. The van der Waals surface area contributed by atoms with E-state index in [0.29, 0.717) is 12.4 Å². The Balaban J connectivity index is 2.24. The fourth-order valence-electron chi connectivity index (χ4n) is 1.29. The molecule has 1 saturated heterocycles.